The van der Waals surface area contributed by atoms with Gasteiger partial charge in [0.25, 0.3) is 0 Å². The monoisotopic (exact) mass is 1080 g/mol. The molecule has 2 aliphatic rings. The number of unbranched alkanes of at least 4 members (excludes halogenated alkanes) is 1. The van der Waals surface area contributed by atoms with E-state index in [2.05, 4.69) is 42.5 Å². The molecular formula is C43H73N9O23. The molecule has 2 rings (SSSR count). The molecule has 0 aromatic rings. The molecule has 18 atom stereocenters. The van der Waals surface area contributed by atoms with Crippen molar-refractivity contribution in [2.75, 3.05) is 26.4 Å². The topological polar surface area (TPSA) is 512 Å². The average molecular weight is 1080 g/mol. The van der Waals surface area contributed by atoms with Gasteiger partial charge in [-0.05, 0) is 59.9 Å². The number of carbonyl (C=O) groups excluding carboxylic acids is 7. The highest BCUT2D eigenvalue weighted by molar-refractivity contribution is 5.94. The molecule has 2 saturated heterocycles. The molecule has 0 radical (unpaired) electrons. The van der Waals surface area contributed by atoms with E-state index in [0.29, 0.717) is 0 Å². The molecule has 0 aliphatic carbocycles. The summed E-state index contributed by atoms with van der Waals surface area (Å²) in [5.74, 6) is -11.4. The van der Waals surface area contributed by atoms with Crippen LogP contribution in [0.4, 0.5) is 0 Å². The summed E-state index contributed by atoms with van der Waals surface area (Å²) in [5.41, 5.74) is 5.92. The largest absolute Gasteiger partial charge is 0.480 e. The van der Waals surface area contributed by atoms with Crippen LogP contribution in [0.25, 0.3) is 0 Å². The molecule has 2 aliphatic heterocycles. The quantitative estimate of drug-likeness (QED) is 0.0287. The fourth-order valence-corrected chi connectivity index (χ4v) is 7.16. The maximum Gasteiger partial charge on any atom is 0.326 e. The molecule has 2 heterocycles. The summed E-state index contributed by atoms with van der Waals surface area (Å²) in [7, 11) is 0. The van der Waals surface area contributed by atoms with Crippen molar-refractivity contribution in [3.05, 3.63) is 0 Å². The third-order valence-corrected chi connectivity index (χ3v) is 11.8. The van der Waals surface area contributed by atoms with E-state index in [-0.39, 0.29) is 25.8 Å². The van der Waals surface area contributed by atoms with E-state index in [1.165, 1.54) is 34.6 Å². The van der Waals surface area contributed by atoms with E-state index in [9.17, 15) is 83.7 Å². The van der Waals surface area contributed by atoms with Gasteiger partial charge in [-0.15, -0.1) is 0 Å². The Morgan fingerprint density at radius 1 is 0.600 bits per heavy atom. The number of hydrogen-bond acceptors (Lipinski definition) is 22. The molecule has 0 aromatic carbocycles. The third-order valence-electron chi connectivity index (χ3n) is 11.8. The van der Waals surface area contributed by atoms with E-state index in [4.69, 9.17) is 34.9 Å². The zero-order valence-electron chi connectivity index (χ0n) is 42.1. The minimum absolute atomic E-state index is 0.0601. The van der Waals surface area contributed by atoms with Crippen molar-refractivity contribution < 1.29 is 113 Å². The lowest BCUT2D eigenvalue weighted by atomic mass is 9.97. The summed E-state index contributed by atoms with van der Waals surface area (Å²) >= 11 is 0. The molecule has 0 spiro atoms. The van der Waals surface area contributed by atoms with Gasteiger partial charge in [-0.3, -0.25) is 43.2 Å². The highest BCUT2D eigenvalue weighted by Gasteiger charge is 2.51. The van der Waals surface area contributed by atoms with Gasteiger partial charge in [-0.1, -0.05) is 6.92 Å². The fraction of sp³-hybridized carbons (Fsp3) is 0.767. The first kappa shape index (κ1) is 65.3. The molecule has 0 bridgehead atoms. The zero-order chi connectivity index (χ0) is 57.0. The Kier molecular flexibility index (Phi) is 27.3. The van der Waals surface area contributed by atoms with Crippen LogP contribution < -0.4 is 48.3 Å². The van der Waals surface area contributed by atoms with Gasteiger partial charge in [0.15, 0.2) is 18.9 Å². The van der Waals surface area contributed by atoms with Crippen molar-refractivity contribution in [1.82, 2.24) is 42.5 Å². The predicted octanol–water partition coefficient (Wildman–Crippen LogP) is -8.53. The van der Waals surface area contributed by atoms with Gasteiger partial charge in [0, 0.05) is 13.3 Å². The van der Waals surface area contributed by atoms with E-state index in [0.717, 1.165) is 6.92 Å². The van der Waals surface area contributed by atoms with Gasteiger partial charge >= 0.3 is 17.9 Å². The highest BCUT2D eigenvalue weighted by atomic mass is 16.8. The summed E-state index contributed by atoms with van der Waals surface area (Å²) in [6.45, 7) is 5.33. The van der Waals surface area contributed by atoms with Crippen LogP contribution >= 0.6 is 0 Å². The Morgan fingerprint density at radius 3 is 1.69 bits per heavy atom. The lowest BCUT2D eigenvalue weighted by molar-refractivity contribution is -0.373. The predicted molar refractivity (Wildman–Crippen MR) is 249 cm³/mol. The molecular weight excluding hydrogens is 1010 g/mol. The van der Waals surface area contributed by atoms with Gasteiger partial charge in [0.05, 0.1) is 31.8 Å². The maximum atomic E-state index is 13.4. The summed E-state index contributed by atoms with van der Waals surface area (Å²) in [5, 5.41) is 109. The van der Waals surface area contributed by atoms with E-state index >= 15 is 0 Å². The smallest absolute Gasteiger partial charge is 0.326 e. The first-order valence-corrected chi connectivity index (χ1v) is 23.8. The van der Waals surface area contributed by atoms with Crippen LogP contribution in [0.1, 0.15) is 73.6 Å². The highest BCUT2D eigenvalue weighted by Crippen LogP contribution is 2.28. The Hall–Kier alpha value is -5.78. The average Bonchev–Trinajstić information content (AvgIpc) is 3.33. The van der Waals surface area contributed by atoms with Crippen molar-refractivity contribution in [1.29, 1.82) is 0 Å². The minimum atomic E-state index is -1.92. The summed E-state index contributed by atoms with van der Waals surface area (Å²) < 4.78 is 22.1. The summed E-state index contributed by atoms with van der Waals surface area (Å²) in [6.07, 6.45) is -14.3. The number of nitrogens with one attached hydrogen (secondary N) is 8. The second-order valence-electron chi connectivity index (χ2n) is 18.1. The number of amides is 7. The van der Waals surface area contributed by atoms with Crippen LogP contribution in [0.3, 0.4) is 0 Å². The molecule has 32 heteroatoms. The van der Waals surface area contributed by atoms with E-state index < -0.39 is 202 Å². The number of nitrogens with two attached hydrogens (primary N) is 1. The lowest BCUT2D eigenvalue weighted by Crippen LogP contribution is -2.67. The van der Waals surface area contributed by atoms with Crippen molar-refractivity contribution >= 4 is 59.3 Å². The molecule has 2 fully saturated rings. The zero-order valence-corrected chi connectivity index (χ0v) is 42.1. The SMILES string of the molecule is CC(=O)N[C@@H]1[C@H](OCC(C)C(=O)N[C@@H](C)C(=O)N[C@H](CCC(=O)N[C@@H](CCCCN[C@@H](CO)C(=O)N[C@@H](C)C(=O)O)C(=O)N[C@H](C)C(=O)N[C@@H](C)C(=O)O)C(=O)O)[C@H](O)[C@@H](O[C@@H]2O[C@H](CO)[C@@H](O)[C@H](O)[C@H]2N)O[C@@H]1O. The first-order chi connectivity index (χ1) is 35.0. The number of aliphatic hydroxyl groups excluding tert-OH is 6. The van der Waals surface area contributed by atoms with Gasteiger partial charge in [0.1, 0.15) is 78.9 Å². The maximum absolute atomic E-state index is 13.4. The number of carboxylic acid groups (broad SMARTS) is 3. The number of aliphatic carboxylic acids is 3. The molecule has 0 aromatic heterocycles. The van der Waals surface area contributed by atoms with E-state index in [1.807, 2.05) is 0 Å². The van der Waals surface area contributed by atoms with Crippen LogP contribution in [-0.2, 0) is 66.9 Å². The number of carboxylic acids is 3. The Bertz CT molecular complexity index is 1970. The molecule has 32 nitrogen and oxygen atoms in total. The number of carbonyl (C=O) groups is 10. The second-order valence-corrected chi connectivity index (χ2v) is 18.1. The van der Waals surface area contributed by atoms with Gasteiger partial charge in [0.2, 0.25) is 41.4 Å². The lowest BCUT2D eigenvalue weighted by Gasteiger charge is -2.46. The number of hydrogen-bond donors (Lipinski definition) is 18. The van der Waals surface area contributed by atoms with Crippen molar-refractivity contribution in [3.63, 3.8) is 0 Å². The number of aliphatic hydroxyl groups is 6. The number of ether oxygens (including phenoxy) is 4. The van der Waals surface area contributed by atoms with Crippen LogP contribution in [0.2, 0.25) is 0 Å². The van der Waals surface area contributed by atoms with Crippen LogP contribution in [-0.4, -0.2) is 235 Å². The molecule has 7 amide bonds. The molecule has 19 N–H and O–H groups in total. The molecule has 0 saturated carbocycles. The Labute approximate surface area is 429 Å². The Morgan fingerprint density at radius 2 is 1.15 bits per heavy atom. The molecule has 1 unspecified atom stereocenters. The van der Waals surface area contributed by atoms with Gasteiger partial charge < -0.3 is 113 Å². The number of rotatable bonds is 31. The summed E-state index contributed by atoms with van der Waals surface area (Å²) in [6, 6.07) is -12.5. The van der Waals surface area contributed by atoms with Crippen LogP contribution in [0.15, 0.2) is 0 Å². The first-order valence-electron chi connectivity index (χ1n) is 23.8. The van der Waals surface area contributed by atoms with Gasteiger partial charge in [-0.2, -0.15) is 0 Å². The van der Waals surface area contributed by atoms with Crippen molar-refractivity contribution in [3.8, 4) is 0 Å². The second kappa shape index (κ2) is 31.3. The standard InChI is InChI=1S/C43H73N9O23/c1-16(15-72-32-28(50-21(6)55)41(71)74-43(31(32)59)75-42-27(44)30(58)29(57)25(14-54)73-42)33(60)46-18(3)35(62)52-23(40(69)70)10-11-26(56)51-22(36(63)47-17(2)34(61)48-19(4)38(65)66)9-7-8-12-45-24(13-53)37(64)49-20(5)39(67)68/h16-20,22-25,27-32,41-43,45,53-54,57-59,71H,7-15,44H2,1-6H3,(H,46,60)(H,47,63)(H,48,61)(H,49,64)(H,50,55)(H,51,56)(H,52,62)(H,65,66)(H,67,68)(H,69,70)/t16?,17-,18+,19+,20+,22+,23-,24+,25-,27-,28-,29-,30-,31+,32+,41+,42+,43-/m1/s1. The van der Waals surface area contributed by atoms with Gasteiger partial charge in [-0.25, -0.2) is 4.79 Å². The van der Waals surface area contributed by atoms with Crippen molar-refractivity contribution in [2.24, 2.45) is 11.7 Å². The molecule has 428 valence electrons. The van der Waals surface area contributed by atoms with Crippen molar-refractivity contribution in [2.45, 2.75) is 177 Å². The van der Waals surface area contributed by atoms with E-state index in [1.54, 1.807) is 0 Å². The normalized spacial score (nSPS) is 26.7. The summed E-state index contributed by atoms with van der Waals surface area (Å²) in [4.78, 5) is 124. The Balaban J connectivity index is 2.07. The van der Waals surface area contributed by atoms with Crippen LogP contribution in [0, 0.1) is 5.92 Å². The minimum Gasteiger partial charge on any atom is -0.480 e. The third kappa shape index (κ3) is 20.7. The van der Waals surface area contributed by atoms with Crippen LogP contribution in [0.5, 0.6) is 0 Å². The molecule has 75 heavy (non-hydrogen) atoms. The fourth-order valence-electron chi connectivity index (χ4n) is 7.16.